The fourth-order valence-corrected chi connectivity index (χ4v) is 2.02. The largest absolute Gasteiger partial charge is 0.496 e. The summed E-state index contributed by atoms with van der Waals surface area (Å²) in [5, 5.41) is 0.623. The van der Waals surface area contributed by atoms with Gasteiger partial charge in [-0.05, 0) is 18.2 Å². The standard InChI is InChI=1S/C12H13ClO3/c1-15-11-3-2-8(13)6-10(11)12-7-9(14)4-5-16-12/h2-3,6,12H,4-5,7H2,1H3. The van der Waals surface area contributed by atoms with Crippen LogP contribution in [0.2, 0.25) is 5.02 Å². The molecule has 3 nitrogen and oxygen atoms in total. The molecule has 0 bridgehead atoms. The third-order valence-corrected chi connectivity index (χ3v) is 2.89. The summed E-state index contributed by atoms with van der Waals surface area (Å²) in [6, 6.07) is 5.35. The molecule has 1 aromatic rings. The van der Waals surface area contributed by atoms with Crippen LogP contribution in [0.5, 0.6) is 5.75 Å². The second kappa shape index (κ2) is 4.85. The molecular formula is C12H13ClO3. The Labute approximate surface area is 99.3 Å². The molecular weight excluding hydrogens is 228 g/mol. The summed E-state index contributed by atoms with van der Waals surface area (Å²) in [7, 11) is 1.59. The minimum atomic E-state index is -0.227. The molecule has 0 spiro atoms. The Morgan fingerprint density at radius 3 is 3.00 bits per heavy atom. The van der Waals surface area contributed by atoms with E-state index in [1.165, 1.54) is 0 Å². The molecule has 2 rings (SSSR count). The maximum absolute atomic E-state index is 11.4. The highest BCUT2D eigenvalue weighted by atomic mass is 35.5. The maximum atomic E-state index is 11.4. The molecule has 16 heavy (non-hydrogen) atoms. The van der Waals surface area contributed by atoms with Gasteiger partial charge in [0.2, 0.25) is 0 Å². The molecule has 86 valence electrons. The van der Waals surface area contributed by atoms with Gasteiger partial charge in [-0.2, -0.15) is 0 Å². The SMILES string of the molecule is COc1ccc(Cl)cc1C1CC(=O)CCO1. The molecule has 1 heterocycles. The lowest BCUT2D eigenvalue weighted by Gasteiger charge is -2.23. The second-order valence-electron chi connectivity index (χ2n) is 3.74. The van der Waals surface area contributed by atoms with Crippen LogP contribution in [0.25, 0.3) is 0 Å². The van der Waals surface area contributed by atoms with E-state index < -0.39 is 0 Å². The van der Waals surface area contributed by atoms with Crippen molar-refractivity contribution < 1.29 is 14.3 Å². The summed E-state index contributed by atoms with van der Waals surface area (Å²) in [5.74, 6) is 0.933. The van der Waals surface area contributed by atoms with Crippen LogP contribution in [0, 0.1) is 0 Å². The third-order valence-electron chi connectivity index (χ3n) is 2.65. The molecule has 0 radical (unpaired) electrons. The summed E-state index contributed by atoms with van der Waals surface area (Å²) in [4.78, 5) is 11.4. The Bertz CT molecular complexity index is 403. The van der Waals surface area contributed by atoms with E-state index in [0.29, 0.717) is 30.2 Å². The van der Waals surface area contributed by atoms with Crippen LogP contribution in [0.4, 0.5) is 0 Å². The number of carbonyl (C=O) groups is 1. The molecule has 1 fully saturated rings. The van der Waals surface area contributed by atoms with Crippen molar-refractivity contribution in [1.29, 1.82) is 0 Å². The van der Waals surface area contributed by atoms with Gasteiger partial charge in [-0.15, -0.1) is 0 Å². The molecule has 4 heteroatoms. The molecule has 1 aliphatic rings. The van der Waals surface area contributed by atoms with Gasteiger partial charge in [0.1, 0.15) is 11.5 Å². The highest BCUT2D eigenvalue weighted by Crippen LogP contribution is 2.34. The summed E-state index contributed by atoms with van der Waals surface area (Å²) in [6.07, 6.45) is 0.672. The first-order chi connectivity index (χ1) is 7.70. The van der Waals surface area contributed by atoms with Crippen molar-refractivity contribution in [2.75, 3.05) is 13.7 Å². The fourth-order valence-electron chi connectivity index (χ4n) is 1.84. The lowest BCUT2D eigenvalue weighted by molar-refractivity contribution is -0.128. The molecule has 1 aliphatic heterocycles. The number of carbonyl (C=O) groups excluding carboxylic acids is 1. The van der Waals surface area contributed by atoms with Crippen LogP contribution < -0.4 is 4.74 Å². The van der Waals surface area contributed by atoms with E-state index >= 15 is 0 Å². The van der Waals surface area contributed by atoms with Gasteiger partial charge in [0.05, 0.1) is 19.8 Å². The average molecular weight is 241 g/mol. The second-order valence-corrected chi connectivity index (χ2v) is 4.17. The van der Waals surface area contributed by atoms with E-state index in [9.17, 15) is 4.79 Å². The van der Waals surface area contributed by atoms with Gasteiger partial charge in [-0.25, -0.2) is 0 Å². The van der Waals surface area contributed by atoms with Crippen LogP contribution in [0.3, 0.4) is 0 Å². The molecule has 0 N–H and O–H groups in total. The van der Waals surface area contributed by atoms with E-state index in [1.807, 2.05) is 0 Å². The smallest absolute Gasteiger partial charge is 0.138 e. The first-order valence-corrected chi connectivity index (χ1v) is 5.55. The molecule has 1 aromatic carbocycles. The molecule has 0 saturated carbocycles. The Morgan fingerprint density at radius 2 is 2.31 bits per heavy atom. The number of Topliss-reactive ketones (excluding diaryl/α,β-unsaturated/α-hetero) is 1. The maximum Gasteiger partial charge on any atom is 0.138 e. The van der Waals surface area contributed by atoms with Crippen molar-refractivity contribution in [1.82, 2.24) is 0 Å². The van der Waals surface area contributed by atoms with E-state index in [0.717, 1.165) is 5.56 Å². The highest BCUT2D eigenvalue weighted by Gasteiger charge is 2.24. The van der Waals surface area contributed by atoms with Gasteiger partial charge >= 0.3 is 0 Å². The summed E-state index contributed by atoms with van der Waals surface area (Å²) in [5.41, 5.74) is 0.850. The van der Waals surface area contributed by atoms with Crippen molar-refractivity contribution in [2.24, 2.45) is 0 Å². The van der Waals surface area contributed by atoms with Crippen molar-refractivity contribution in [3.63, 3.8) is 0 Å². The minimum Gasteiger partial charge on any atom is -0.496 e. The number of rotatable bonds is 2. The number of ketones is 1. The lowest BCUT2D eigenvalue weighted by atomic mass is 10.00. The molecule has 0 aliphatic carbocycles. The minimum absolute atomic E-state index is 0.221. The van der Waals surface area contributed by atoms with E-state index in [4.69, 9.17) is 21.1 Å². The van der Waals surface area contributed by atoms with Crippen molar-refractivity contribution >= 4 is 17.4 Å². The van der Waals surface area contributed by atoms with Crippen molar-refractivity contribution in [3.8, 4) is 5.75 Å². The number of methoxy groups -OCH3 is 1. The summed E-state index contributed by atoms with van der Waals surface area (Å²) < 4.78 is 10.8. The van der Waals surface area contributed by atoms with Gasteiger partial charge in [-0.3, -0.25) is 4.79 Å². The van der Waals surface area contributed by atoms with Gasteiger partial charge in [-0.1, -0.05) is 11.6 Å². The third kappa shape index (κ3) is 2.36. The quantitative estimate of drug-likeness (QED) is 0.798. The topological polar surface area (TPSA) is 35.5 Å². The monoisotopic (exact) mass is 240 g/mol. The fraction of sp³-hybridized carbons (Fsp3) is 0.417. The molecule has 1 unspecified atom stereocenters. The van der Waals surface area contributed by atoms with Gasteiger partial charge in [0, 0.05) is 23.4 Å². The molecule has 0 aromatic heterocycles. The number of ether oxygens (including phenoxy) is 2. The Morgan fingerprint density at radius 1 is 1.50 bits per heavy atom. The number of hydrogen-bond donors (Lipinski definition) is 0. The van der Waals surface area contributed by atoms with Crippen molar-refractivity contribution in [2.45, 2.75) is 18.9 Å². The van der Waals surface area contributed by atoms with E-state index in [1.54, 1.807) is 25.3 Å². The van der Waals surface area contributed by atoms with Gasteiger partial charge in [0.15, 0.2) is 0 Å². The van der Waals surface area contributed by atoms with Crippen LogP contribution in [0.1, 0.15) is 24.5 Å². The zero-order valence-electron chi connectivity index (χ0n) is 9.03. The predicted molar refractivity (Wildman–Crippen MR) is 60.9 cm³/mol. The number of hydrogen-bond acceptors (Lipinski definition) is 3. The van der Waals surface area contributed by atoms with Crippen LogP contribution in [-0.2, 0) is 9.53 Å². The molecule has 0 amide bonds. The van der Waals surface area contributed by atoms with E-state index in [2.05, 4.69) is 0 Å². The first kappa shape index (κ1) is 11.4. The Balaban J connectivity index is 2.30. The van der Waals surface area contributed by atoms with Gasteiger partial charge in [0.25, 0.3) is 0 Å². The van der Waals surface area contributed by atoms with E-state index in [-0.39, 0.29) is 11.9 Å². The van der Waals surface area contributed by atoms with Crippen LogP contribution in [0.15, 0.2) is 18.2 Å². The number of halogens is 1. The number of benzene rings is 1. The predicted octanol–water partition coefficient (Wildman–Crippen LogP) is 2.77. The Kier molecular flexibility index (Phi) is 3.46. The average Bonchev–Trinajstić information content (AvgIpc) is 2.29. The normalized spacial score (nSPS) is 20.9. The van der Waals surface area contributed by atoms with Crippen LogP contribution >= 0.6 is 11.6 Å². The lowest BCUT2D eigenvalue weighted by Crippen LogP contribution is -2.19. The molecule has 1 atom stereocenters. The van der Waals surface area contributed by atoms with Gasteiger partial charge < -0.3 is 9.47 Å². The molecule has 1 saturated heterocycles. The zero-order valence-corrected chi connectivity index (χ0v) is 9.79. The zero-order chi connectivity index (χ0) is 11.5. The Hall–Kier alpha value is -1.06. The van der Waals surface area contributed by atoms with Crippen LogP contribution in [-0.4, -0.2) is 19.5 Å². The summed E-state index contributed by atoms with van der Waals surface area (Å²) >= 11 is 5.93. The summed E-state index contributed by atoms with van der Waals surface area (Å²) in [6.45, 7) is 0.471. The first-order valence-electron chi connectivity index (χ1n) is 5.17. The highest BCUT2D eigenvalue weighted by molar-refractivity contribution is 6.30. The van der Waals surface area contributed by atoms with Crippen molar-refractivity contribution in [3.05, 3.63) is 28.8 Å².